The number of hydrogen-bond acceptors (Lipinski definition) is 3. The molecule has 2 heterocycles. The van der Waals surface area contributed by atoms with Crippen molar-refractivity contribution in [3.05, 3.63) is 48.0 Å². The summed E-state index contributed by atoms with van der Waals surface area (Å²) in [5, 5.41) is 6.56. The van der Waals surface area contributed by atoms with E-state index in [1.165, 1.54) is 0 Å². The summed E-state index contributed by atoms with van der Waals surface area (Å²) in [4.78, 5) is 17.0. The monoisotopic (exact) mass is 338 g/mol. The van der Waals surface area contributed by atoms with E-state index in [0.717, 1.165) is 49.4 Å². The van der Waals surface area contributed by atoms with Gasteiger partial charge in [-0.2, -0.15) is 0 Å². The lowest BCUT2D eigenvalue weighted by atomic mass is 9.85. The molecule has 1 aliphatic carbocycles. The van der Waals surface area contributed by atoms with Crippen LogP contribution in [0.2, 0.25) is 0 Å². The fourth-order valence-corrected chi connectivity index (χ4v) is 4.39. The van der Waals surface area contributed by atoms with Gasteiger partial charge in [-0.15, -0.1) is 0 Å². The first-order valence-electron chi connectivity index (χ1n) is 9.12. The van der Waals surface area contributed by atoms with Crippen molar-refractivity contribution >= 4 is 5.91 Å². The van der Waals surface area contributed by atoms with E-state index in [1.807, 2.05) is 13.1 Å². The SMILES string of the molecule is Cc1nccn1-c1ccc(CNC(=O)C2(C)CC23CCNCC3)cc1. The van der Waals surface area contributed by atoms with Crippen molar-refractivity contribution in [3.63, 3.8) is 0 Å². The molecule has 5 heteroatoms. The number of aryl methyl sites for hydroxylation is 1. The van der Waals surface area contributed by atoms with Crippen molar-refractivity contribution in [2.45, 2.75) is 39.7 Å². The molecule has 2 fully saturated rings. The molecule has 1 unspecified atom stereocenters. The molecule has 0 bridgehead atoms. The number of benzene rings is 1. The van der Waals surface area contributed by atoms with Gasteiger partial charge in [0, 0.05) is 24.6 Å². The topological polar surface area (TPSA) is 59.0 Å². The molecular weight excluding hydrogens is 312 g/mol. The van der Waals surface area contributed by atoms with Crippen LogP contribution in [0.25, 0.3) is 5.69 Å². The Morgan fingerprint density at radius 1 is 1.28 bits per heavy atom. The first kappa shape index (κ1) is 16.3. The van der Waals surface area contributed by atoms with Crippen molar-refractivity contribution in [1.29, 1.82) is 0 Å². The molecule has 2 aromatic rings. The highest BCUT2D eigenvalue weighted by molar-refractivity contribution is 5.86. The van der Waals surface area contributed by atoms with E-state index in [0.29, 0.717) is 6.54 Å². The Balaban J connectivity index is 1.37. The van der Waals surface area contributed by atoms with E-state index in [-0.39, 0.29) is 16.7 Å². The summed E-state index contributed by atoms with van der Waals surface area (Å²) in [6.45, 7) is 6.79. The average Bonchev–Trinajstić information content (AvgIpc) is 2.98. The summed E-state index contributed by atoms with van der Waals surface area (Å²) in [6, 6.07) is 8.29. The fraction of sp³-hybridized carbons (Fsp3) is 0.500. The number of nitrogens with zero attached hydrogens (tertiary/aromatic N) is 2. The van der Waals surface area contributed by atoms with Crippen molar-refractivity contribution in [1.82, 2.24) is 20.2 Å². The van der Waals surface area contributed by atoms with Crippen LogP contribution in [0.1, 0.15) is 37.6 Å². The minimum absolute atomic E-state index is 0.178. The third-order valence-corrected chi connectivity index (χ3v) is 6.29. The molecule has 1 atom stereocenters. The fourth-order valence-electron chi connectivity index (χ4n) is 4.39. The Morgan fingerprint density at radius 2 is 2.00 bits per heavy atom. The number of hydrogen-bond donors (Lipinski definition) is 2. The summed E-state index contributed by atoms with van der Waals surface area (Å²) in [5.41, 5.74) is 2.28. The molecule has 2 aliphatic rings. The molecule has 5 nitrogen and oxygen atoms in total. The highest BCUT2D eigenvalue weighted by atomic mass is 16.2. The smallest absolute Gasteiger partial charge is 0.226 e. The zero-order chi connectivity index (χ0) is 17.5. The van der Waals surface area contributed by atoms with Crippen molar-refractivity contribution in [2.24, 2.45) is 10.8 Å². The van der Waals surface area contributed by atoms with Crippen molar-refractivity contribution < 1.29 is 4.79 Å². The van der Waals surface area contributed by atoms with Gasteiger partial charge >= 0.3 is 0 Å². The zero-order valence-electron chi connectivity index (χ0n) is 15.0. The molecule has 4 rings (SSSR count). The van der Waals surface area contributed by atoms with Gasteiger partial charge in [-0.3, -0.25) is 4.79 Å². The summed E-state index contributed by atoms with van der Waals surface area (Å²) in [6.07, 6.45) is 7.03. The Hall–Kier alpha value is -2.14. The van der Waals surface area contributed by atoms with Crippen LogP contribution < -0.4 is 10.6 Å². The number of nitrogens with one attached hydrogen (secondary N) is 2. The number of imidazole rings is 1. The largest absolute Gasteiger partial charge is 0.352 e. The molecule has 1 aliphatic heterocycles. The van der Waals surface area contributed by atoms with E-state index >= 15 is 0 Å². The van der Waals surface area contributed by atoms with E-state index in [9.17, 15) is 4.79 Å². The van der Waals surface area contributed by atoms with Gasteiger partial charge in [-0.25, -0.2) is 4.98 Å². The molecule has 132 valence electrons. The highest BCUT2D eigenvalue weighted by Crippen LogP contribution is 2.68. The Kier molecular flexibility index (Phi) is 3.91. The predicted molar refractivity (Wildman–Crippen MR) is 97.4 cm³/mol. The first-order chi connectivity index (χ1) is 12.0. The van der Waals surface area contributed by atoms with Gasteiger partial charge in [0.15, 0.2) is 0 Å². The van der Waals surface area contributed by atoms with Crippen molar-refractivity contribution in [3.8, 4) is 5.69 Å². The molecule has 1 aromatic carbocycles. The van der Waals surface area contributed by atoms with Crippen LogP contribution in [0.5, 0.6) is 0 Å². The van der Waals surface area contributed by atoms with Crippen molar-refractivity contribution in [2.75, 3.05) is 13.1 Å². The first-order valence-corrected chi connectivity index (χ1v) is 9.12. The molecule has 25 heavy (non-hydrogen) atoms. The Labute approximate surface area is 148 Å². The summed E-state index contributed by atoms with van der Waals surface area (Å²) >= 11 is 0. The second-order valence-electron chi connectivity index (χ2n) is 7.73. The summed E-state index contributed by atoms with van der Waals surface area (Å²) in [5.74, 6) is 1.18. The lowest BCUT2D eigenvalue weighted by molar-refractivity contribution is -0.127. The van der Waals surface area contributed by atoms with Gasteiger partial charge in [0.1, 0.15) is 5.82 Å². The molecular formula is C20H26N4O. The van der Waals surface area contributed by atoms with Gasteiger partial charge in [-0.05, 0) is 62.4 Å². The minimum Gasteiger partial charge on any atom is -0.352 e. The number of carbonyl (C=O) groups is 1. The highest BCUT2D eigenvalue weighted by Gasteiger charge is 2.67. The van der Waals surface area contributed by atoms with Crippen LogP contribution in [-0.4, -0.2) is 28.5 Å². The number of carbonyl (C=O) groups excluding carboxylic acids is 1. The number of aromatic nitrogens is 2. The lowest BCUT2D eigenvalue weighted by Crippen LogP contribution is -2.38. The number of amides is 1. The van der Waals surface area contributed by atoms with E-state index in [4.69, 9.17) is 0 Å². The molecule has 2 N–H and O–H groups in total. The molecule has 1 amide bonds. The van der Waals surface area contributed by atoms with E-state index < -0.39 is 0 Å². The number of rotatable bonds is 4. The van der Waals surface area contributed by atoms with Crippen LogP contribution in [-0.2, 0) is 11.3 Å². The Morgan fingerprint density at radius 3 is 2.64 bits per heavy atom. The molecule has 1 saturated heterocycles. The second kappa shape index (κ2) is 5.99. The summed E-state index contributed by atoms with van der Waals surface area (Å²) in [7, 11) is 0. The number of piperidine rings is 1. The quantitative estimate of drug-likeness (QED) is 0.901. The van der Waals surface area contributed by atoms with Gasteiger partial charge in [-0.1, -0.05) is 19.1 Å². The minimum atomic E-state index is -0.178. The maximum Gasteiger partial charge on any atom is 0.226 e. The standard InChI is InChI=1S/C20H26N4O/c1-15-22-11-12-24(15)17-5-3-16(4-6-17)13-23-18(25)19(2)14-20(19)7-9-21-10-8-20/h3-6,11-12,21H,7-10,13-14H2,1-2H3,(H,23,25). The van der Waals surface area contributed by atoms with Crippen LogP contribution in [0.4, 0.5) is 0 Å². The Bertz CT molecular complexity index is 773. The van der Waals surface area contributed by atoms with Crippen LogP contribution in [0.3, 0.4) is 0 Å². The normalized spacial score (nSPS) is 24.2. The van der Waals surface area contributed by atoms with Crippen LogP contribution >= 0.6 is 0 Å². The average molecular weight is 338 g/mol. The zero-order valence-corrected chi connectivity index (χ0v) is 15.0. The van der Waals surface area contributed by atoms with Crippen LogP contribution in [0, 0.1) is 17.8 Å². The maximum atomic E-state index is 12.7. The van der Waals surface area contributed by atoms with Gasteiger partial charge in [0.25, 0.3) is 0 Å². The maximum absolute atomic E-state index is 12.7. The third kappa shape index (κ3) is 2.76. The van der Waals surface area contributed by atoms with E-state index in [2.05, 4.69) is 51.4 Å². The predicted octanol–water partition coefficient (Wildman–Crippen LogP) is 2.58. The lowest BCUT2D eigenvalue weighted by Gasteiger charge is -2.27. The summed E-state index contributed by atoms with van der Waals surface area (Å²) < 4.78 is 2.05. The van der Waals surface area contributed by atoms with E-state index in [1.54, 1.807) is 6.20 Å². The van der Waals surface area contributed by atoms with Gasteiger partial charge in [0.05, 0.1) is 5.41 Å². The third-order valence-electron chi connectivity index (χ3n) is 6.29. The van der Waals surface area contributed by atoms with Gasteiger partial charge < -0.3 is 15.2 Å². The second-order valence-corrected chi connectivity index (χ2v) is 7.73. The molecule has 1 aromatic heterocycles. The molecule has 1 saturated carbocycles. The molecule has 1 spiro atoms. The molecule has 0 radical (unpaired) electrons. The van der Waals surface area contributed by atoms with Crippen LogP contribution in [0.15, 0.2) is 36.7 Å². The van der Waals surface area contributed by atoms with Gasteiger partial charge in [0.2, 0.25) is 5.91 Å².